The summed E-state index contributed by atoms with van der Waals surface area (Å²) in [5, 5.41) is 17.8. The Bertz CT molecular complexity index is 160. The zero-order valence-electron chi connectivity index (χ0n) is 6.03. The van der Waals surface area contributed by atoms with Crippen LogP contribution in [0.15, 0.2) is 0 Å². The van der Waals surface area contributed by atoms with Gasteiger partial charge in [-0.3, -0.25) is 4.79 Å². The van der Waals surface area contributed by atoms with Crippen molar-refractivity contribution in [3.8, 4) is 0 Å². The third kappa shape index (κ3) is 2.07. The molecule has 0 aliphatic heterocycles. The third-order valence-corrected chi connectivity index (χ3v) is 2.47. The summed E-state index contributed by atoms with van der Waals surface area (Å²) in [6.07, 6.45) is 0.822. The number of rotatable bonds is 1. The van der Waals surface area contributed by atoms with Crippen molar-refractivity contribution in [2.45, 2.75) is 30.7 Å². The van der Waals surface area contributed by atoms with Gasteiger partial charge in [0.1, 0.15) is 0 Å². The van der Waals surface area contributed by atoms with Crippen molar-refractivity contribution in [3.63, 3.8) is 0 Å². The lowest BCUT2D eigenvalue weighted by Gasteiger charge is -2.26. The first-order valence-electron chi connectivity index (χ1n) is 3.66. The molecule has 0 aromatic rings. The number of halogens is 1. The number of hydrogen-bond acceptors (Lipinski definition) is 2. The molecule has 0 bridgehead atoms. The summed E-state index contributed by atoms with van der Waals surface area (Å²) in [5.41, 5.74) is 0. The molecule has 0 saturated heterocycles. The Labute approximate surface area is 70.0 Å². The normalized spacial score (nSPS) is 38.5. The first-order chi connectivity index (χ1) is 5.11. The lowest BCUT2D eigenvalue weighted by molar-refractivity contribution is -0.147. The Morgan fingerprint density at radius 3 is 2.55 bits per heavy atom. The SMILES string of the molecule is O=C(O)C1CCC(Cl)CC1O. The second kappa shape index (κ2) is 3.41. The lowest BCUT2D eigenvalue weighted by Crippen LogP contribution is -2.34. The molecule has 3 atom stereocenters. The maximum Gasteiger partial charge on any atom is 0.309 e. The maximum atomic E-state index is 10.5. The van der Waals surface area contributed by atoms with E-state index in [2.05, 4.69) is 0 Å². The first kappa shape index (κ1) is 8.81. The van der Waals surface area contributed by atoms with E-state index in [0.717, 1.165) is 0 Å². The zero-order chi connectivity index (χ0) is 8.43. The van der Waals surface area contributed by atoms with Crippen LogP contribution in [0.2, 0.25) is 0 Å². The van der Waals surface area contributed by atoms with Crippen LogP contribution >= 0.6 is 11.6 Å². The highest BCUT2D eigenvalue weighted by molar-refractivity contribution is 6.20. The van der Waals surface area contributed by atoms with Crippen molar-refractivity contribution < 1.29 is 15.0 Å². The fraction of sp³-hybridized carbons (Fsp3) is 0.857. The number of carbonyl (C=O) groups is 1. The van der Waals surface area contributed by atoms with Crippen LogP contribution in [-0.2, 0) is 4.79 Å². The van der Waals surface area contributed by atoms with Gasteiger partial charge in [0, 0.05) is 5.38 Å². The summed E-state index contributed by atoms with van der Waals surface area (Å²) in [7, 11) is 0. The van der Waals surface area contributed by atoms with Gasteiger partial charge >= 0.3 is 5.97 Å². The number of aliphatic carboxylic acids is 1. The minimum absolute atomic E-state index is 0.0550. The summed E-state index contributed by atoms with van der Waals surface area (Å²) < 4.78 is 0. The molecule has 2 N–H and O–H groups in total. The number of aliphatic hydroxyl groups excluding tert-OH is 1. The van der Waals surface area contributed by atoms with Crippen LogP contribution < -0.4 is 0 Å². The van der Waals surface area contributed by atoms with E-state index in [9.17, 15) is 9.90 Å². The number of alkyl halides is 1. The van der Waals surface area contributed by atoms with E-state index in [1.54, 1.807) is 0 Å². The molecule has 1 rings (SSSR count). The van der Waals surface area contributed by atoms with Gasteiger partial charge in [0.15, 0.2) is 0 Å². The number of hydrogen-bond donors (Lipinski definition) is 2. The second-order valence-electron chi connectivity index (χ2n) is 2.92. The molecule has 1 saturated carbocycles. The van der Waals surface area contributed by atoms with Crippen LogP contribution in [0, 0.1) is 5.92 Å². The van der Waals surface area contributed by atoms with Crippen molar-refractivity contribution in [2.75, 3.05) is 0 Å². The van der Waals surface area contributed by atoms with Gasteiger partial charge < -0.3 is 10.2 Å². The van der Waals surface area contributed by atoms with Crippen LogP contribution in [0.3, 0.4) is 0 Å². The van der Waals surface area contributed by atoms with Crippen LogP contribution in [0.5, 0.6) is 0 Å². The van der Waals surface area contributed by atoms with Crippen molar-refractivity contribution in [1.29, 1.82) is 0 Å². The fourth-order valence-electron chi connectivity index (χ4n) is 1.38. The molecule has 0 aromatic carbocycles. The molecule has 3 nitrogen and oxygen atoms in total. The van der Waals surface area contributed by atoms with Crippen LogP contribution in [0.25, 0.3) is 0 Å². The number of carboxylic acid groups (broad SMARTS) is 1. The van der Waals surface area contributed by atoms with Gasteiger partial charge in [-0.05, 0) is 19.3 Å². The van der Waals surface area contributed by atoms with E-state index in [-0.39, 0.29) is 5.38 Å². The molecule has 11 heavy (non-hydrogen) atoms. The Kier molecular flexibility index (Phi) is 2.73. The van der Waals surface area contributed by atoms with E-state index in [1.165, 1.54) is 0 Å². The molecule has 64 valence electrons. The van der Waals surface area contributed by atoms with E-state index in [1.807, 2.05) is 0 Å². The summed E-state index contributed by atoms with van der Waals surface area (Å²) >= 11 is 5.73. The minimum Gasteiger partial charge on any atom is -0.481 e. The van der Waals surface area contributed by atoms with Gasteiger partial charge in [0.05, 0.1) is 12.0 Å². The highest BCUT2D eigenvalue weighted by Crippen LogP contribution is 2.27. The average molecular weight is 179 g/mol. The predicted molar refractivity (Wildman–Crippen MR) is 40.6 cm³/mol. The average Bonchev–Trinajstić information content (AvgIpc) is 1.85. The predicted octanol–water partition coefficient (Wildman–Crippen LogP) is 0.839. The van der Waals surface area contributed by atoms with Crippen LogP contribution in [-0.4, -0.2) is 27.7 Å². The van der Waals surface area contributed by atoms with Gasteiger partial charge in [-0.25, -0.2) is 0 Å². The van der Waals surface area contributed by atoms with Crippen molar-refractivity contribution >= 4 is 17.6 Å². The number of aliphatic hydroxyl groups is 1. The lowest BCUT2D eigenvalue weighted by atomic mass is 9.86. The Morgan fingerprint density at radius 1 is 1.45 bits per heavy atom. The van der Waals surface area contributed by atoms with E-state index < -0.39 is 18.0 Å². The molecule has 3 unspecified atom stereocenters. The monoisotopic (exact) mass is 178 g/mol. The molecule has 1 aliphatic carbocycles. The fourth-order valence-corrected chi connectivity index (χ4v) is 1.69. The Balaban J connectivity index is 2.50. The molecular weight excluding hydrogens is 168 g/mol. The molecule has 1 aliphatic rings. The zero-order valence-corrected chi connectivity index (χ0v) is 6.79. The standard InChI is InChI=1S/C7H11ClO3/c8-4-1-2-5(7(10)11)6(9)3-4/h4-6,9H,1-3H2,(H,10,11). The smallest absolute Gasteiger partial charge is 0.309 e. The van der Waals surface area contributed by atoms with Gasteiger partial charge in [-0.15, -0.1) is 11.6 Å². The molecular formula is C7H11ClO3. The summed E-state index contributed by atoms with van der Waals surface area (Å²) in [6.45, 7) is 0. The van der Waals surface area contributed by atoms with Crippen molar-refractivity contribution in [2.24, 2.45) is 5.92 Å². The highest BCUT2D eigenvalue weighted by Gasteiger charge is 2.32. The highest BCUT2D eigenvalue weighted by atomic mass is 35.5. The summed E-state index contributed by atoms with van der Waals surface area (Å²) in [5.74, 6) is -1.52. The van der Waals surface area contributed by atoms with E-state index >= 15 is 0 Å². The largest absolute Gasteiger partial charge is 0.481 e. The molecule has 4 heteroatoms. The topological polar surface area (TPSA) is 57.5 Å². The van der Waals surface area contributed by atoms with Gasteiger partial charge in [0.25, 0.3) is 0 Å². The van der Waals surface area contributed by atoms with Crippen LogP contribution in [0.1, 0.15) is 19.3 Å². The summed E-state index contributed by atoms with van der Waals surface area (Å²) in [4.78, 5) is 10.5. The van der Waals surface area contributed by atoms with Crippen LogP contribution in [0.4, 0.5) is 0 Å². The van der Waals surface area contributed by atoms with E-state index in [0.29, 0.717) is 19.3 Å². The van der Waals surface area contributed by atoms with E-state index in [4.69, 9.17) is 16.7 Å². The van der Waals surface area contributed by atoms with Gasteiger partial charge in [-0.2, -0.15) is 0 Å². The molecule has 0 heterocycles. The third-order valence-electron chi connectivity index (χ3n) is 2.07. The van der Waals surface area contributed by atoms with Gasteiger partial charge in [0.2, 0.25) is 0 Å². The quantitative estimate of drug-likeness (QED) is 0.585. The number of carboxylic acids is 1. The molecule has 0 aromatic heterocycles. The summed E-state index contributed by atoms with van der Waals surface area (Å²) in [6, 6.07) is 0. The first-order valence-corrected chi connectivity index (χ1v) is 4.10. The Morgan fingerprint density at radius 2 is 2.09 bits per heavy atom. The molecule has 0 spiro atoms. The van der Waals surface area contributed by atoms with Crippen molar-refractivity contribution in [1.82, 2.24) is 0 Å². The molecule has 0 amide bonds. The second-order valence-corrected chi connectivity index (χ2v) is 3.54. The molecule has 1 fully saturated rings. The Hall–Kier alpha value is -0.280. The minimum atomic E-state index is -0.916. The maximum absolute atomic E-state index is 10.5. The van der Waals surface area contributed by atoms with Crippen molar-refractivity contribution in [3.05, 3.63) is 0 Å². The van der Waals surface area contributed by atoms with Gasteiger partial charge in [-0.1, -0.05) is 0 Å². The molecule has 0 radical (unpaired) electrons.